The standard InChI is InChI=1S/C29H33Cl2FN2O4/c1-17-10-26(29(36)37)34(14-17)28(35)22-12-21(20-3-4-20)27(13-25(22)32)38-16-18-6-8-33(9-7-18)15-19-2-5-23(30)24(31)11-19/h2,5,11-13,17-18,20,26H,3-4,6-10,14-16H2,1H3,(H,36,37)/t17-,26+/m1/s1. The van der Waals surface area contributed by atoms with E-state index in [0.29, 0.717) is 41.3 Å². The molecule has 2 heterocycles. The van der Waals surface area contributed by atoms with Gasteiger partial charge in [-0.3, -0.25) is 9.69 Å². The number of amides is 1. The molecule has 204 valence electrons. The van der Waals surface area contributed by atoms with Gasteiger partial charge in [-0.25, -0.2) is 9.18 Å². The van der Waals surface area contributed by atoms with Crippen LogP contribution < -0.4 is 4.74 Å². The number of piperidine rings is 1. The zero-order valence-corrected chi connectivity index (χ0v) is 23.0. The highest BCUT2D eigenvalue weighted by Gasteiger charge is 2.39. The van der Waals surface area contributed by atoms with Gasteiger partial charge >= 0.3 is 5.97 Å². The zero-order valence-electron chi connectivity index (χ0n) is 21.5. The fourth-order valence-corrected chi connectivity index (χ4v) is 5.97. The molecule has 2 aromatic carbocycles. The number of benzene rings is 2. The number of carbonyl (C=O) groups excluding carboxylic acids is 1. The number of carboxylic acids is 1. The van der Waals surface area contributed by atoms with Gasteiger partial charge < -0.3 is 14.7 Å². The maximum atomic E-state index is 15.2. The lowest BCUT2D eigenvalue weighted by Crippen LogP contribution is -2.40. The van der Waals surface area contributed by atoms with Gasteiger partial charge in [0.25, 0.3) is 5.91 Å². The third-order valence-corrected chi connectivity index (χ3v) is 8.71. The second kappa shape index (κ2) is 11.4. The lowest BCUT2D eigenvalue weighted by molar-refractivity contribution is -0.141. The van der Waals surface area contributed by atoms with Crippen molar-refractivity contribution in [2.24, 2.45) is 11.8 Å². The van der Waals surface area contributed by atoms with Crippen molar-refractivity contribution in [3.05, 3.63) is 62.9 Å². The minimum Gasteiger partial charge on any atom is -0.493 e. The van der Waals surface area contributed by atoms with E-state index in [-0.39, 0.29) is 17.4 Å². The molecule has 1 amide bonds. The molecular weight excluding hydrogens is 530 g/mol. The zero-order chi connectivity index (χ0) is 27.0. The van der Waals surface area contributed by atoms with E-state index in [9.17, 15) is 14.7 Å². The van der Waals surface area contributed by atoms with Crippen molar-refractivity contribution in [1.29, 1.82) is 0 Å². The summed E-state index contributed by atoms with van der Waals surface area (Å²) >= 11 is 12.2. The highest BCUT2D eigenvalue weighted by Crippen LogP contribution is 2.45. The number of nitrogens with zero attached hydrogens (tertiary/aromatic N) is 2. The van der Waals surface area contributed by atoms with Crippen molar-refractivity contribution in [1.82, 2.24) is 9.80 Å². The van der Waals surface area contributed by atoms with E-state index in [1.165, 1.54) is 11.0 Å². The van der Waals surface area contributed by atoms with E-state index in [2.05, 4.69) is 4.90 Å². The number of ether oxygens (including phenoxy) is 1. The van der Waals surface area contributed by atoms with Crippen LogP contribution in [0.5, 0.6) is 5.75 Å². The summed E-state index contributed by atoms with van der Waals surface area (Å²) in [4.78, 5) is 28.6. The molecule has 2 atom stereocenters. The van der Waals surface area contributed by atoms with Crippen molar-refractivity contribution < 1.29 is 23.8 Å². The summed E-state index contributed by atoms with van der Waals surface area (Å²) in [6.45, 7) is 5.41. The third kappa shape index (κ3) is 6.11. The van der Waals surface area contributed by atoms with Crippen molar-refractivity contribution in [3.8, 4) is 5.75 Å². The number of hydrogen-bond donors (Lipinski definition) is 1. The van der Waals surface area contributed by atoms with Crippen LogP contribution in [0, 0.1) is 17.7 Å². The number of aliphatic carboxylic acids is 1. The first-order chi connectivity index (χ1) is 18.2. The van der Waals surface area contributed by atoms with Gasteiger partial charge in [0.2, 0.25) is 0 Å². The number of carboxylic acid groups (broad SMARTS) is 1. The topological polar surface area (TPSA) is 70.1 Å². The van der Waals surface area contributed by atoms with Gasteiger partial charge in [-0.15, -0.1) is 0 Å². The van der Waals surface area contributed by atoms with E-state index in [1.807, 2.05) is 25.1 Å². The van der Waals surface area contributed by atoms with Gasteiger partial charge in [0.15, 0.2) is 0 Å². The maximum absolute atomic E-state index is 15.2. The number of rotatable bonds is 8. The van der Waals surface area contributed by atoms with Crippen LogP contribution in [0.25, 0.3) is 0 Å². The summed E-state index contributed by atoms with van der Waals surface area (Å²) in [5.74, 6) is -1.09. The molecule has 6 nitrogen and oxygen atoms in total. The van der Waals surface area contributed by atoms with Gasteiger partial charge in [0.05, 0.1) is 22.2 Å². The lowest BCUT2D eigenvalue weighted by atomic mass is 9.97. The normalized spacial score (nSPS) is 22.6. The molecule has 0 spiro atoms. The maximum Gasteiger partial charge on any atom is 0.326 e. The van der Waals surface area contributed by atoms with Gasteiger partial charge in [-0.1, -0.05) is 36.2 Å². The minimum atomic E-state index is -1.05. The van der Waals surface area contributed by atoms with Gasteiger partial charge in [-0.05, 0) is 92.3 Å². The summed E-state index contributed by atoms with van der Waals surface area (Å²) in [5.41, 5.74) is 1.92. The highest BCUT2D eigenvalue weighted by atomic mass is 35.5. The molecule has 2 aromatic rings. The van der Waals surface area contributed by atoms with E-state index < -0.39 is 23.7 Å². The van der Waals surface area contributed by atoms with Gasteiger partial charge in [0, 0.05) is 19.2 Å². The minimum absolute atomic E-state index is 0.0593. The van der Waals surface area contributed by atoms with Crippen LogP contribution in [0.1, 0.15) is 66.4 Å². The molecule has 0 aromatic heterocycles. The van der Waals surface area contributed by atoms with Crippen molar-refractivity contribution >= 4 is 35.1 Å². The smallest absolute Gasteiger partial charge is 0.326 e. The molecular formula is C29H33Cl2FN2O4. The number of hydrogen-bond acceptors (Lipinski definition) is 4. The Morgan fingerprint density at radius 1 is 1.08 bits per heavy atom. The molecule has 3 aliphatic rings. The Labute approximate surface area is 232 Å². The Kier molecular flexibility index (Phi) is 8.17. The monoisotopic (exact) mass is 562 g/mol. The molecule has 0 unspecified atom stereocenters. The van der Waals surface area contributed by atoms with Crippen molar-refractivity contribution in [3.63, 3.8) is 0 Å². The van der Waals surface area contributed by atoms with E-state index in [4.69, 9.17) is 27.9 Å². The van der Waals surface area contributed by atoms with Crippen LogP contribution in [0.4, 0.5) is 4.39 Å². The summed E-state index contributed by atoms with van der Waals surface area (Å²) in [5, 5.41) is 10.7. The molecule has 2 saturated heterocycles. The van der Waals surface area contributed by atoms with Crippen molar-refractivity contribution in [2.45, 2.75) is 57.5 Å². The van der Waals surface area contributed by atoms with Crippen LogP contribution in [0.3, 0.4) is 0 Å². The first-order valence-electron chi connectivity index (χ1n) is 13.4. The first-order valence-corrected chi connectivity index (χ1v) is 14.1. The summed E-state index contributed by atoms with van der Waals surface area (Å²) in [6, 6.07) is 7.75. The Bertz CT molecular complexity index is 1210. The average Bonchev–Trinajstić information content (AvgIpc) is 3.65. The van der Waals surface area contributed by atoms with Crippen LogP contribution in [0.15, 0.2) is 30.3 Å². The third-order valence-electron chi connectivity index (χ3n) is 7.98. The largest absolute Gasteiger partial charge is 0.493 e. The fourth-order valence-electron chi connectivity index (χ4n) is 5.65. The van der Waals surface area contributed by atoms with Crippen LogP contribution in [0.2, 0.25) is 10.0 Å². The van der Waals surface area contributed by atoms with Gasteiger partial charge in [0.1, 0.15) is 17.6 Å². The Hall–Kier alpha value is -2.35. The predicted octanol–water partition coefficient (Wildman–Crippen LogP) is 6.24. The molecule has 1 saturated carbocycles. The average molecular weight is 563 g/mol. The summed E-state index contributed by atoms with van der Waals surface area (Å²) in [6.07, 6.45) is 4.28. The van der Waals surface area contributed by atoms with E-state index >= 15 is 4.39 Å². The van der Waals surface area contributed by atoms with Crippen LogP contribution in [-0.4, -0.2) is 59.1 Å². The fraction of sp³-hybridized carbons (Fsp3) is 0.517. The number of carbonyl (C=O) groups is 2. The Morgan fingerprint density at radius 2 is 1.82 bits per heavy atom. The second-order valence-electron chi connectivity index (χ2n) is 11.1. The molecule has 38 heavy (non-hydrogen) atoms. The molecule has 1 aliphatic carbocycles. The van der Waals surface area contributed by atoms with E-state index in [0.717, 1.165) is 56.4 Å². The summed E-state index contributed by atoms with van der Waals surface area (Å²) in [7, 11) is 0. The molecule has 5 rings (SSSR count). The highest BCUT2D eigenvalue weighted by molar-refractivity contribution is 6.42. The van der Waals surface area contributed by atoms with Gasteiger partial charge in [-0.2, -0.15) is 0 Å². The molecule has 2 aliphatic heterocycles. The summed E-state index contributed by atoms with van der Waals surface area (Å²) < 4.78 is 21.4. The number of halogens is 3. The van der Waals surface area contributed by atoms with Crippen LogP contribution in [-0.2, 0) is 11.3 Å². The molecule has 0 bridgehead atoms. The molecule has 9 heteroatoms. The first kappa shape index (κ1) is 27.2. The van der Waals surface area contributed by atoms with Crippen LogP contribution >= 0.6 is 23.2 Å². The quantitative estimate of drug-likeness (QED) is 0.412. The molecule has 0 radical (unpaired) electrons. The number of likely N-dealkylation sites (tertiary alicyclic amines) is 2. The molecule has 3 fully saturated rings. The van der Waals surface area contributed by atoms with Crippen molar-refractivity contribution in [2.75, 3.05) is 26.2 Å². The SMILES string of the molecule is C[C@@H]1C[C@@H](C(=O)O)N(C(=O)c2cc(C3CC3)c(OCC3CCN(Cc4ccc(Cl)c(Cl)c4)CC3)cc2F)C1. The predicted molar refractivity (Wildman–Crippen MR) is 145 cm³/mol. The second-order valence-corrected chi connectivity index (χ2v) is 11.9. The lowest BCUT2D eigenvalue weighted by Gasteiger charge is -2.32. The Balaban J connectivity index is 1.21. The van der Waals surface area contributed by atoms with E-state index in [1.54, 1.807) is 6.07 Å². The Morgan fingerprint density at radius 3 is 2.47 bits per heavy atom. The molecule has 1 N–H and O–H groups in total.